The first-order chi connectivity index (χ1) is 33.7. The molecule has 0 aliphatic rings. The lowest BCUT2D eigenvalue weighted by atomic mass is 9.96. The molecule has 13 rings (SSSR count). The van der Waals surface area contributed by atoms with Crippen LogP contribution in [-0.2, 0) is 0 Å². The smallest absolute Gasteiger partial charge is 0.164 e. The van der Waals surface area contributed by atoms with Gasteiger partial charge in [-0.15, -0.1) is 0 Å². The third-order valence-corrected chi connectivity index (χ3v) is 12.4. The number of benzene rings is 9. The molecule has 0 aliphatic carbocycles. The second kappa shape index (κ2) is 16.2. The van der Waals surface area contributed by atoms with Crippen molar-refractivity contribution < 1.29 is 8.83 Å². The maximum absolute atomic E-state index is 6.58. The number of fused-ring (bicyclic) bond motifs is 6. The summed E-state index contributed by atoms with van der Waals surface area (Å²) in [6.07, 6.45) is 0. The Morgan fingerprint density at radius 3 is 1.12 bits per heavy atom. The summed E-state index contributed by atoms with van der Waals surface area (Å²) in [5, 5.41) is 3.81. The van der Waals surface area contributed by atoms with Gasteiger partial charge in [0, 0.05) is 54.9 Å². The van der Waals surface area contributed by atoms with Crippen molar-refractivity contribution in [1.29, 1.82) is 0 Å². The number of hydrogen-bond donors (Lipinski definition) is 0. The summed E-state index contributed by atoms with van der Waals surface area (Å²) < 4.78 is 13.1. The van der Waals surface area contributed by atoms with E-state index in [2.05, 4.69) is 66.7 Å². The van der Waals surface area contributed by atoms with Crippen LogP contribution in [0.3, 0.4) is 0 Å². The van der Waals surface area contributed by atoms with Gasteiger partial charge in [0.15, 0.2) is 34.9 Å². The highest BCUT2D eigenvalue weighted by Crippen LogP contribution is 2.42. The van der Waals surface area contributed by atoms with E-state index in [4.69, 9.17) is 38.7 Å². The Bertz CT molecular complexity index is 3960. The van der Waals surface area contributed by atoms with Crippen molar-refractivity contribution in [2.24, 2.45) is 0 Å². The summed E-state index contributed by atoms with van der Waals surface area (Å²) in [6.45, 7) is 0. The number of furan rings is 2. The van der Waals surface area contributed by atoms with Crippen LogP contribution >= 0.6 is 0 Å². The van der Waals surface area contributed by atoms with E-state index in [1.165, 1.54) is 0 Å². The van der Waals surface area contributed by atoms with Gasteiger partial charge >= 0.3 is 0 Å². The first-order valence-electron chi connectivity index (χ1n) is 22.4. The van der Waals surface area contributed by atoms with Gasteiger partial charge in [0.25, 0.3) is 0 Å². The zero-order chi connectivity index (χ0) is 45.0. The fourth-order valence-corrected chi connectivity index (χ4v) is 9.14. The Morgan fingerprint density at radius 2 is 0.588 bits per heavy atom. The molecule has 0 aliphatic heterocycles. The van der Waals surface area contributed by atoms with Gasteiger partial charge in [-0.25, -0.2) is 29.9 Å². The second-order valence-corrected chi connectivity index (χ2v) is 16.6. The summed E-state index contributed by atoms with van der Waals surface area (Å²) in [5.41, 5.74) is 12.6. The first kappa shape index (κ1) is 39.0. The first-order valence-corrected chi connectivity index (χ1v) is 22.4. The Balaban J connectivity index is 0.961. The lowest BCUT2D eigenvalue weighted by molar-refractivity contribution is 0.669. The van der Waals surface area contributed by atoms with Crippen LogP contribution in [0.5, 0.6) is 0 Å². The average molecular weight is 873 g/mol. The summed E-state index contributed by atoms with van der Waals surface area (Å²) >= 11 is 0. The average Bonchev–Trinajstić information content (AvgIpc) is 4.00. The highest BCUT2D eigenvalue weighted by molar-refractivity contribution is 6.16. The van der Waals surface area contributed by atoms with Gasteiger partial charge < -0.3 is 8.83 Å². The van der Waals surface area contributed by atoms with E-state index < -0.39 is 0 Å². The fourth-order valence-electron chi connectivity index (χ4n) is 9.14. The number of nitrogens with zero attached hydrogens (tertiary/aromatic N) is 6. The Labute approximate surface area is 390 Å². The van der Waals surface area contributed by atoms with Crippen molar-refractivity contribution in [2.75, 3.05) is 0 Å². The lowest BCUT2D eigenvalue weighted by Gasteiger charge is -2.10. The molecule has 4 heterocycles. The van der Waals surface area contributed by atoms with Crippen LogP contribution in [0.25, 0.3) is 134 Å². The van der Waals surface area contributed by atoms with E-state index in [9.17, 15) is 0 Å². The summed E-state index contributed by atoms with van der Waals surface area (Å²) in [4.78, 5) is 30.4. The summed E-state index contributed by atoms with van der Waals surface area (Å²) in [7, 11) is 0. The monoisotopic (exact) mass is 872 g/mol. The fraction of sp³-hybridized carbons (Fsp3) is 0. The third kappa shape index (κ3) is 6.96. The Kier molecular flexibility index (Phi) is 9.31. The van der Waals surface area contributed by atoms with Crippen molar-refractivity contribution in [3.63, 3.8) is 0 Å². The molecule has 0 atom stereocenters. The molecule has 0 fully saturated rings. The Hall–Kier alpha value is -9.40. The minimum atomic E-state index is 0.553. The highest BCUT2D eigenvalue weighted by atomic mass is 16.3. The molecule has 0 unspecified atom stereocenters. The normalized spacial score (nSPS) is 11.5. The van der Waals surface area contributed by atoms with E-state index in [-0.39, 0.29) is 0 Å². The Morgan fingerprint density at radius 1 is 0.221 bits per heavy atom. The van der Waals surface area contributed by atoms with Gasteiger partial charge in [0.05, 0.1) is 0 Å². The van der Waals surface area contributed by atoms with Crippen LogP contribution < -0.4 is 0 Å². The van der Waals surface area contributed by atoms with Crippen LogP contribution in [0.2, 0.25) is 0 Å². The summed E-state index contributed by atoms with van der Waals surface area (Å²) in [5.74, 6) is 3.51. The molecule has 68 heavy (non-hydrogen) atoms. The van der Waals surface area contributed by atoms with Crippen molar-refractivity contribution in [3.8, 4) is 90.6 Å². The van der Waals surface area contributed by atoms with Gasteiger partial charge in [0.1, 0.15) is 22.3 Å². The summed E-state index contributed by atoms with van der Waals surface area (Å²) in [6, 6.07) is 73.6. The molecule has 13 aromatic rings. The van der Waals surface area contributed by atoms with Crippen LogP contribution in [0.1, 0.15) is 0 Å². The SMILES string of the molecule is c1ccc(-c2cccc(-c3nc(-c4ccccc4)nc(-c4cccc5oc6ccc(-c7cccc8oc9ccc(-c%10nc(-c%11ccccc%11)nc(-c%11ccccc%11)n%10)cc9c78)cc6c45)n3)c2)cc1. The molecule has 0 radical (unpaired) electrons. The van der Waals surface area contributed by atoms with Crippen LogP contribution in [-0.4, -0.2) is 29.9 Å². The molecule has 0 bridgehead atoms. The molecule has 0 N–H and O–H groups in total. The van der Waals surface area contributed by atoms with Crippen LogP contribution in [0.4, 0.5) is 0 Å². The standard InChI is InChI=1S/C60H36N6O2/c1-5-16-37(17-6-1)41-24-13-25-43(34-41)58-64-57(40-22-11-4-12-23-40)65-60(66-58)46-27-15-29-52-54(46)47-35-42(30-32-49(47)68-52)45-26-14-28-51-53(45)48-36-44(31-33-50(48)67-51)59-62-55(38-18-7-2-8-19-38)61-56(63-59)39-20-9-3-10-21-39/h1-36H. The largest absolute Gasteiger partial charge is 0.456 e. The lowest BCUT2D eigenvalue weighted by Crippen LogP contribution is -2.00. The third-order valence-electron chi connectivity index (χ3n) is 12.4. The molecule has 8 heteroatoms. The number of rotatable bonds is 8. The molecule has 0 amide bonds. The topological polar surface area (TPSA) is 104 Å². The maximum atomic E-state index is 6.58. The van der Waals surface area contributed by atoms with Gasteiger partial charge in [-0.2, -0.15) is 0 Å². The van der Waals surface area contributed by atoms with E-state index in [0.29, 0.717) is 34.9 Å². The zero-order valence-electron chi connectivity index (χ0n) is 36.3. The second-order valence-electron chi connectivity index (χ2n) is 16.6. The number of aromatic nitrogens is 6. The molecule has 0 spiro atoms. The zero-order valence-corrected chi connectivity index (χ0v) is 36.3. The maximum Gasteiger partial charge on any atom is 0.164 e. The highest BCUT2D eigenvalue weighted by Gasteiger charge is 2.21. The van der Waals surface area contributed by atoms with Gasteiger partial charge in [-0.05, 0) is 70.8 Å². The molecule has 9 aromatic carbocycles. The molecular formula is C60H36N6O2. The van der Waals surface area contributed by atoms with E-state index >= 15 is 0 Å². The molecule has 318 valence electrons. The minimum Gasteiger partial charge on any atom is -0.456 e. The predicted octanol–water partition coefficient (Wildman–Crippen LogP) is 15.2. The predicted molar refractivity (Wildman–Crippen MR) is 271 cm³/mol. The molecule has 0 saturated carbocycles. The van der Waals surface area contributed by atoms with Crippen molar-refractivity contribution >= 4 is 43.9 Å². The molecule has 0 saturated heterocycles. The van der Waals surface area contributed by atoms with Gasteiger partial charge in [-0.1, -0.05) is 170 Å². The van der Waals surface area contributed by atoms with E-state index in [1.54, 1.807) is 0 Å². The molecule has 8 nitrogen and oxygen atoms in total. The van der Waals surface area contributed by atoms with E-state index in [0.717, 1.165) is 99.5 Å². The van der Waals surface area contributed by atoms with Gasteiger partial charge in [0.2, 0.25) is 0 Å². The van der Waals surface area contributed by atoms with Crippen LogP contribution in [0, 0.1) is 0 Å². The van der Waals surface area contributed by atoms with Crippen molar-refractivity contribution in [2.45, 2.75) is 0 Å². The quantitative estimate of drug-likeness (QED) is 0.149. The van der Waals surface area contributed by atoms with Crippen molar-refractivity contribution in [1.82, 2.24) is 29.9 Å². The molecular weight excluding hydrogens is 837 g/mol. The van der Waals surface area contributed by atoms with Crippen molar-refractivity contribution in [3.05, 3.63) is 218 Å². The van der Waals surface area contributed by atoms with Crippen LogP contribution in [0.15, 0.2) is 227 Å². The number of hydrogen-bond acceptors (Lipinski definition) is 8. The van der Waals surface area contributed by atoms with Gasteiger partial charge in [-0.3, -0.25) is 0 Å². The van der Waals surface area contributed by atoms with E-state index in [1.807, 2.05) is 152 Å². The molecule has 4 aromatic heterocycles. The minimum absolute atomic E-state index is 0.553.